The van der Waals surface area contributed by atoms with Gasteiger partial charge in [-0.15, -0.1) is 0 Å². The zero-order valence-corrected chi connectivity index (χ0v) is 23.7. The Morgan fingerprint density at radius 1 is 0.805 bits per heavy atom. The fourth-order valence-electron chi connectivity index (χ4n) is 5.74. The number of rotatable bonds is 7. The molecule has 4 aromatic carbocycles. The van der Waals surface area contributed by atoms with Gasteiger partial charge in [0, 0.05) is 37.5 Å². The predicted octanol–water partition coefficient (Wildman–Crippen LogP) is 7.32. The number of ether oxygens (including phenoxy) is 2. The van der Waals surface area contributed by atoms with Crippen molar-refractivity contribution in [3.05, 3.63) is 125 Å². The van der Waals surface area contributed by atoms with Crippen LogP contribution in [0.2, 0.25) is 0 Å². The van der Waals surface area contributed by atoms with E-state index in [1.54, 1.807) is 7.11 Å². The summed E-state index contributed by atoms with van der Waals surface area (Å²) in [6, 6.07) is 32.3. The van der Waals surface area contributed by atoms with E-state index in [0.29, 0.717) is 24.5 Å². The lowest BCUT2D eigenvalue weighted by Gasteiger charge is -2.30. The van der Waals surface area contributed by atoms with Crippen LogP contribution in [0.15, 0.2) is 108 Å². The average Bonchev–Trinajstić information content (AvgIpc) is 3.17. The molecule has 6 rings (SSSR count). The van der Waals surface area contributed by atoms with Gasteiger partial charge < -0.3 is 25.0 Å². The van der Waals surface area contributed by atoms with Gasteiger partial charge in [0.1, 0.15) is 6.61 Å². The summed E-state index contributed by atoms with van der Waals surface area (Å²) in [6.45, 7) is 0.445. The third-order valence-electron chi connectivity index (χ3n) is 7.95. The molecule has 0 aromatic heterocycles. The van der Waals surface area contributed by atoms with E-state index in [0.717, 1.165) is 45.9 Å². The largest absolute Gasteiger partial charge is 0.493 e. The summed E-state index contributed by atoms with van der Waals surface area (Å²) in [5, 5.41) is 7.30. The molecular weight excluding hydrogens is 510 g/mol. The molecular formula is C35H35N3O3. The molecule has 1 heterocycles. The number of carbonyl (C=O) groups is 1. The van der Waals surface area contributed by atoms with Crippen LogP contribution in [-0.4, -0.2) is 27.0 Å². The highest BCUT2D eigenvalue weighted by molar-refractivity contribution is 6.01. The van der Waals surface area contributed by atoms with Gasteiger partial charge in [0.15, 0.2) is 17.3 Å². The summed E-state index contributed by atoms with van der Waals surface area (Å²) in [4.78, 5) is 16.0. The van der Waals surface area contributed by atoms with Gasteiger partial charge in [-0.1, -0.05) is 60.7 Å². The molecule has 1 aliphatic heterocycles. The van der Waals surface area contributed by atoms with Crippen molar-refractivity contribution in [2.24, 2.45) is 0 Å². The Labute approximate surface area is 241 Å². The normalized spacial score (nSPS) is 17.9. The van der Waals surface area contributed by atoms with Crippen molar-refractivity contribution in [2.45, 2.75) is 31.4 Å². The molecule has 0 amide bonds. The molecule has 41 heavy (non-hydrogen) atoms. The molecule has 2 unspecified atom stereocenters. The number of fused-ring (bicyclic) bond motifs is 1. The van der Waals surface area contributed by atoms with Crippen molar-refractivity contribution in [3.8, 4) is 11.5 Å². The molecule has 208 valence electrons. The Morgan fingerprint density at radius 3 is 2.24 bits per heavy atom. The van der Waals surface area contributed by atoms with Gasteiger partial charge in [-0.3, -0.25) is 4.79 Å². The second-order valence-corrected chi connectivity index (χ2v) is 10.8. The molecule has 0 saturated heterocycles. The third-order valence-corrected chi connectivity index (χ3v) is 7.95. The maximum Gasteiger partial charge on any atom is 0.163 e. The molecule has 6 nitrogen and oxygen atoms in total. The second kappa shape index (κ2) is 11.4. The van der Waals surface area contributed by atoms with E-state index in [1.807, 2.05) is 80.8 Å². The number of nitrogens with zero attached hydrogens (tertiary/aromatic N) is 1. The fourth-order valence-corrected chi connectivity index (χ4v) is 5.74. The monoisotopic (exact) mass is 545 g/mol. The molecule has 0 radical (unpaired) electrons. The molecule has 0 bridgehead atoms. The molecule has 1 aliphatic carbocycles. The lowest BCUT2D eigenvalue weighted by Crippen LogP contribution is -2.27. The molecule has 2 N–H and O–H groups in total. The van der Waals surface area contributed by atoms with Crippen LogP contribution in [0.3, 0.4) is 0 Å². The number of ketones is 1. The Bertz CT molecular complexity index is 1580. The van der Waals surface area contributed by atoms with Crippen LogP contribution >= 0.6 is 0 Å². The maximum atomic E-state index is 14.0. The Balaban J connectivity index is 1.34. The molecule has 4 aromatic rings. The average molecular weight is 546 g/mol. The number of hydrogen-bond donors (Lipinski definition) is 2. The highest BCUT2D eigenvalue weighted by atomic mass is 16.5. The lowest BCUT2D eigenvalue weighted by atomic mass is 9.78. The Morgan fingerprint density at radius 2 is 1.51 bits per heavy atom. The third kappa shape index (κ3) is 5.50. The van der Waals surface area contributed by atoms with Crippen molar-refractivity contribution in [3.63, 3.8) is 0 Å². The van der Waals surface area contributed by atoms with E-state index in [9.17, 15) is 4.79 Å². The van der Waals surface area contributed by atoms with E-state index >= 15 is 0 Å². The van der Waals surface area contributed by atoms with Crippen LogP contribution in [0.5, 0.6) is 11.5 Å². The summed E-state index contributed by atoms with van der Waals surface area (Å²) >= 11 is 0. The Hall–Kier alpha value is -4.71. The van der Waals surface area contributed by atoms with Crippen molar-refractivity contribution < 1.29 is 14.3 Å². The minimum atomic E-state index is -0.331. The van der Waals surface area contributed by atoms with E-state index in [-0.39, 0.29) is 17.7 Å². The number of allylic oxidation sites excluding steroid dienone is 1. The van der Waals surface area contributed by atoms with Crippen LogP contribution < -0.4 is 25.0 Å². The first-order chi connectivity index (χ1) is 20.0. The van der Waals surface area contributed by atoms with Crippen LogP contribution in [0, 0.1) is 0 Å². The van der Waals surface area contributed by atoms with Crippen LogP contribution in [0.25, 0.3) is 0 Å². The predicted molar refractivity (Wildman–Crippen MR) is 165 cm³/mol. The van der Waals surface area contributed by atoms with E-state index in [2.05, 4.69) is 45.9 Å². The van der Waals surface area contributed by atoms with Gasteiger partial charge in [0.05, 0.1) is 24.5 Å². The number of hydrogen-bond acceptors (Lipinski definition) is 6. The second-order valence-electron chi connectivity index (χ2n) is 10.8. The topological polar surface area (TPSA) is 62.8 Å². The van der Waals surface area contributed by atoms with Crippen LogP contribution in [0.4, 0.5) is 17.1 Å². The van der Waals surface area contributed by atoms with Gasteiger partial charge in [-0.25, -0.2) is 0 Å². The summed E-state index contributed by atoms with van der Waals surface area (Å²) in [5.41, 5.74) is 8.02. The first-order valence-corrected chi connectivity index (χ1v) is 14.0. The van der Waals surface area contributed by atoms with Crippen LogP contribution in [-0.2, 0) is 11.4 Å². The first kappa shape index (κ1) is 26.5. The first-order valence-electron chi connectivity index (χ1n) is 14.0. The lowest BCUT2D eigenvalue weighted by molar-refractivity contribution is -0.116. The SMILES string of the molecule is COc1cc(C2Nc3ccccc3NC3=C2C(=O)CC(c2ccc(N(C)C)cc2)C3)ccc1OCc1ccccc1. The standard InChI is InChI=1S/C35H35N3O3/c1-38(2)27-16-13-24(14-17-27)26-19-30-34(31(39)20-26)35(37-29-12-8-7-11-28(29)36-30)25-15-18-32(33(21-25)40-3)41-22-23-9-5-4-6-10-23/h4-18,21,26,35-37H,19-20,22H2,1-3H3. The number of methoxy groups -OCH3 is 1. The number of para-hydroxylation sites is 2. The molecule has 0 saturated carbocycles. The van der Waals surface area contributed by atoms with Gasteiger partial charge in [-0.05, 0) is 65.4 Å². The number of anilines is 3. The summed E-state index contributed by atoms with van der Waals surface area (Å²) < 4.78 is 11.9. The maximum absolute atomic E-state index is 14.0. The van der Waals surface area contributed by atoms with E-state index in [1.165, 1.54) is 5.56 Å². The zero-order valence-electron chi connectivity index (χ0n) is 23.7. The molecule has 0 fully saturated rings. The summed E-state index contributed by atoms with van der Waals surface area (Å²) in [7, 11) is 5.72. The number of nitrogens with one attached hydrogen (secondary N) is 2. The number of benzene rings is 4. The molecule has 0 spiro atoms. The minimum absolute atomic E-state index is 0.110. The van der Waals surface area contributed by atoms with Crippen molar-refractivity contribution in [1.82, 2.24) is 0 Å². The van der Waals surface area contributed by atoms with Crippen molar-refractivity contribution in [2.75, 3.05) is 36.7 Å². The molecule has 2 aliphatic rings. The number of carbonyl (C=O) groups excluding carboxylic acids is 1. The van der Waals surface area contributed by atoms with Crippen LogP contribution in [0.1, 0.15) is 41.5 Å². The van der Waals surface area contributed by atoms with E-state index < -0.39 is 0 Å². The Kier molecular flexibility index (Phi) is 7.38. The summed E-state index contributed by atoms with van der Waals surface area (Å²) in [6.07, 6.45) is 1.22. The van der Waals surface area contributed by atoms with Gasteiger partial charge in [-0.2, -0.15) is 0 Å². The number of Topliss-reactive ketones (excluding diaryl/α,β-unsaturated/α-hetero) is 1. The zero-order chi connectivity index (χ0) is 28.3. The molecule has 6 heteroatoms. The van der Waals surface area contributed by atoms with E-state index in [4.69, 9.17) is 9.47 Å². The highest BCUT2D eigenvalue weighted by Crippen LogP contribution is 2.45. The fraction of sp³-hybridized carbons (Fsp3) is 0.229. The van der Waals surface area contributed by atoms with Gasteiger partial charge in [0.2, 0.25) is 0 Å². The van der Waals surface area contributed by atoms with Crippen molar-refractivity contribution in [1.29, 1.82) is 0 Å². The molecule has 2 atom stereocenters. The minimum Gasteiger partial charge on any atom is -0.493 e. The van der Waals surface area contributed by atoms with Gasteiger partial charge in [0.25, 0.3) is 0 Å². The smallest absolute Gasteiger partial charge is 0.163 e. The van der Waals surface area contributed by atoms with Crippen molar-refractivity contribution >= 4 is 22.8 Å². The highest BCUT2D eigenvalue weighted by Gasteiger charge is 2.36. The summed E-state index contributed by atoms with van der Waals surface area (Å²) in [5.74, 6) is 1.56. The van der Waals surface area contributed by atoms with Gasteiger partial charge >= 0.3 is 0 Å². The quantitative estimate of drug-likeness (QED) is 0.254.